The summed E-state index contributed by atoms with van der Waals surface area (Å²) in [5.74, 6) is -0.117. The van der Waals surface area contributed by atoms with Crippen LogP contribution >= 0.6 is 0 Å². The summed E-state index contributed by atoms with van der Waals surface area (Å²) in [6, 6.07) is 0.0707. The van der Waals surface area contributed by atoms with Gasteiger partial charge in [-0.25, -0.2) is 0 Å². The normalized spacial score (nSPS) is 10.0. The molecule has 0 unspecified atom stereocenters. The van der Waals surface area contributed by atoms with Crippen LogP contribution < -0.4 is 0 Å². The number of carbonyl (C=O) groups is 2. The Kier molecular flexibility index (Phi) is 4.45. The maximum atomic E-state index is 11.3. The van der Waals surface area contributed by atoms with Crippen LogP contribution in [0.3, 0.4) is 0 Å². The number of likely N-dealkylation sites (N-methyl/N-ethyl adjacent to an activating group) is 1. The number of rotatable bonds is 3. The fourth-order valence-corrected chi connectivity index (χ4v) is 0.945. The lowest BCUT2D eigenvalue weighted by molar-refractivity contribution is -0.139. The van der Waals surface area contributed by atoms with Gasteiger partial charge in [-0.2, -0.15) is 0 Å². The molecule has 0 spiro atoms. The SMILES string of the molecule is CC(=O)N(CC(=O)N(C)C)C(C)C. The molecule has 0 aromatic carbocycles. The molecule has 0 saturated carbocycles. The molecule has 2 amide bonds. The highest BCUT2D eigenvalue weighted by Crippen LogP contribution is 1.99. The number of hydrogen-bond donors (Lipinski definition) is 0. The maximum Gasteiger partial charge on any atom is 0.241 e. The minimum absolute atomic E-state index is 0.0519. The highest BCUT2D eigenvalue weighted by Gasteiger charge is 2.17. The number of hydrogen-bond acceptors (Lipinski definition) is 2. The molecule has 0 aromatic rings. The first kappa shape index (κ1) is 11.9. The van der Waals surface area contributed by atoms with E-state index in [1.165, 1.54) is 11.8 Å². The molecule has 4 heteroatoms. The molecule has 0 aliphatic carbocycles. The lowest BCUT2D eigenvalue weighted by Crippen LogP contribution is -2.42. The average Bonchev–Trinajstić information content (AvgIpc) is 1.97. The molecule has 0 radical (unpaired) electrons. The molecule has 0 bridgehead atoms. The van der Waals surface area contributed by atoms with Crippen molar-refractivity contribution in [3.8, 4) is 0 Å². The molecule has 4 nitrogen and oxygen atoms in total. The predicted molar refractivity (Wildman–Crippen MR) is 51.2 cm³/mol. The molecule has 0 aliphatic rings. The van der Waals surface area contributed by atoms with Crippen molar-refractivity contribution in [1.82, 2.24) is 9.80 Å². The van der Waals surface area contributed by atoms with Gasteiger partial charge in [-0.3, -0.25) is 9.59 Å². The smallest absolute Gasteiger partial charge is 0.241 e. The van der Waals surface area contributed by atoms with Crippen LogP contribution in [0, 0.1) is 0 Å². The van der Waals surface area contributed by atoms with E-state index in [9.17, 15) is 9.59 Å². The summed E-state index contributed by atoms with van der Waals surface area (Å²) >= 11 is 0. The second kappa shape index (κ2) is 4.84. The molecule has 0 heterocycles. The maximum absolute atomic E-state index is 11.3. The Hall–Kier alpha value is -1.06. The lowest BCUT2D eigenvalue weighted by Gasteiger charge is -2.25. The standard InChI is InChI=1S/C9H18N2O2/c1-7(2)11(8(3)12)6-9(13)10(4)5/h7H,6H2,1-5H3. The first-order valence-electron chi connectivity index (χ1n) is 4.33. The van der Waals surface area contributed by atoms with Gasteiger partial charge in [-0.1, -0.05) is 0 Å². The average molecular weight is 186 g/mol. The zero-order valence-corrected chi connectivity index (χ0v) is 9.00. The van der Waals surface area contributed by atoms with Crippen molar-refractivity contribution in [2.24, 2.45) is 0 Å². The quantitative estimate of drug-likeness (QED) is 0.637. The Morgan fingerprint density at radius 3 is 1.92 bits per heavy atom. The van der Waals surface area contributed by atoms with Crippen molar-refractivity contribution in [2.75, 3.05) is 20.6 Å². The van der Waals surface area contributed by atoms with Gasteiger partial charge in [0.25, 0.3) is 0 Å². The van der Waals surface area contributed by atoms with E-state index in [2.05, 4.69) is 0 Å². The van der Waals surface area contributed by atoms with Gasteiger partial charge in [-0.15, -0.1) is 0 Å². The molecule has 0 aromatic heterocycles. The van der Waals surface area contributed by atoms with E-state index in [0.717, 1.165) is 0 Å². The van der Waals surface area contributed by atoms with E-state index >= 15 is 0 Å². The van der Waals surface area contributed by atoms with Gasteiger partial charge in [0.15, 0.2) is 0 Å². The van der Waals surface area contributed by atoms with E-state index in [-0.39, 0.29) is 24.4 Å². The van der Waals surface area contributed by atoms with E-state index in [4.69, 9.17) is 0 Å². The van der Waals surface area contributed by atoms with Gasteiger partial charge in [0.2, 0.25) is 11.8 Å². The van der Waals surface area contributed by atoms with Gasteiger partial charge in [0.05, 0.1) is 6.54 Å². The van der Waals surface area contributed by atoms with Crippen LogP contribution in [0.5, 0.6) is 0 Å². The van der Waals surface area contributed by atoms with Crippen molar-refractivity contribution >= 4 is 11.8 Å². The zero-order chi connectivity index (χ0) is 10.6. The van der Waals surface area contributed by atoms with E-state index < -0.39 is 0 Å². The summed E-state index contributed by atoms with van der Waals surface area (Å²) in [5, 5.41) is 0. The van der Waals surface area contributed by atoms with Crippen molar-refractivity contribution in [3.63, 3.8) is 0 Å². The number of nitrogens with zero attached hydrogens (tertiary/aromatic N) is 2. The largest absolute Gasteiger partial charge is 0.347 e. The fourth-order valence-electron chi connectivity index (χ4n) is 0.945. The third kappa shape index (κ3) is 3.92. The molecule has 0 aliphatic heterocycles. The molecular weight excluding hydrogens is 168 g/mol. The Morgan fingerprint density at radius 1 is 1.23 bits per heavy atom. The van der Waals surface area contributed by atoms with Crippen LogP contribution in [0.2, 0.25) is 0 Å². The summed E-state index contributed by atoms with van der Waals surface area (Å²) in [5.41, 5.74) is 0. The van der Waals surface area contributed by atoms with E-state index in [0.29, 0.717) is 0 Å². The Bertz CT molecular complexity index is 200. The van der Waals surface area contributed by atoms with Crippen LogP contribution in [0.4, 0.5) is 0 Å². The highest BCUT2D eigenvalue weighted by atomic mass is 16.2. The van der Waals surface area contributed by atoms with E-state index in [1.807, 2.05) is 13.8 Å². The molecular formula is C9H18N2O2. The summed E-state index contributed by atoms with van der Waals surface area (Å²) in [4.78, 5) is 25.4. The first-order chi connectivity index (χ1) is 5.86. The number of amides is 2. The molecule has 76 valence electrons. The second-order valence-electron chi connectivity index (χ2n) is 3.53. The van der Waals surface area contributed by atoms with Crippen LogP contribution in [-0.4, -0.2) is 48.3 Å². The minimum atomic E-state index is -0.0646. The Morgan fingerprint density at radius 2 is 1.69 bits per heavy atom. The van der Waals surface area contributed by atoms with Crippen molar-refractivity contribution < 1.29 is 9.59 Å². The summed E-state index contributed by atoms with van der Waals surface area (Å²) in [6.07, 6.45) is 0. The topological polar surface area (TPSA) is 40.6 Å². The monoisotopic (exact) mass is 186 g/mol. The summed E-state index contributed by atoms with van der Waals surface area (Å²) in [6.45, 7) is 5.43. The fraction of sp³-hybridized carbons (Fsp3) is 0.778. The van der Waals surface area contributed by atoms with Gasteiger partial charge >= 0.3 is 0 Å². The molecule has 0 fully saturated rings. The molecule has 0 rings (SSSR count). The minimum Gasteiger partial charge on any atom is -0.347 e. The van der Waals surface area contributed by atoms with Crippen molar-refractivity contribution in [2.45, 2.75) is 26.8 Å². The second-order valence-corrected chi connectivity index (χ2v) is 3.53. The highest BCUT2D eigenvalue weighted by molar-refractivity contribution is 5.83. The van der Waals surface area contributed by atoms with Crippen molar-refractivity contribution in [1.29, 1.82) is 0 Å². The first-order valence-corrected chi connectivity index (χ1v) is 4.33. The Labute approximate surface area is 79.5 Å². The van der Waals surface area contributed by atoms with Crippen LogP contribution in [0.15, 0.2) is 0 Å². The predicted octanol–water partition coefficient (Wildman–Crippen LogP) is 0.331. The Balaban J connectivity index is 4.27. The lowest BCUT2D eigenvalue weighted by atomic mass is 10.3. The van der Waals surface area contributed by atoms with Gasteiger partial charge in [0, 0.05) is 27.1 Å². The van der Waals surface area contributed by atoms with Gasteiger partial charge in [-0.05, 0) is 13.8 Å². The van der Waals surface area contributed by atoms with Crippen LogP contribution in [-0.2, 0) is 9.59 Å². The molecule has 0 saturated heterocycles. The zero-order valence-electron chi connectivity index (χ0n) is 9.00. The third-order valence-corrected chi connectivity index (χ3v) is 1.83. The summed E-state index contributed by atoms with van der Waals surface area (Å²) < 4.78 is 0. The third-order valence-electron chi connectivity index (χ3n) is 1.83. The van der Waals surface area contributed by atoms with Crippen LogP contribution in [0.1, 0.15) is 20.8 Å². The van der Waals surface area contributed by atoms with Gasteiger partial charge in [0.1, 0.15) is 0 Å². The molecule has 0 N–H and O–H groups in total. The molecule has 0 atom stereocenters. The molecule has 13 heavy (non-hydrogen) atoms. The number of carbonyl (C=O) groups excluding carboxylic acids is 2. The van der Waals surface area contributed by atoms with Crippen LogP contribution in [0.25, 0.3) is 0 Å². The van der Waals surface area contributed by atoms with Gasteiger partial charge < -0.3 is 9.80 Å². The van der Waals surface area contributed by atoms with E-state index in [1.54, 1.807) is 19.0 Å². The summed E-state index contributed by atoms with van der Waals surface area (Å²) in [7, 11) is 3.36. The van der Waals surface area contributed by atoms with Crippen molar-refractivity contribution in [3.05, 3.63) is 0 Å².